The molecular weight excluding hydrogens is 384 g/mol. The molecule has 26 heavy (non-hydrogen) atoms. The fourth-order valence-electron chi connectivity index (χ4n) is 2.78. The summed E-state index contributed by atoms with van der Waals surface area (Å²) in [6.07, 6.45) is 2.50. The number of sulfonamides is 1. The number of halogens is 1. The van der Waals surface area contributed by atoms with Crippen molar-refractivity contribution in [1.29, 1.82) is 0 Å². The van der Waals surface area contributed by atoms with E-state index in [4.69, 9.17) is 5.73 Å². The first kappa shape index (κ1) is 22.3. The molecule has 0 radical (unpaired) electrons. The number of nitrogens with two attached hydrogens (primary N) is 1. The number of nitro benzene ring substituents is 1. The van der Waals surface area contributed by atoms with Gasteiger partial charge in [-0.2, -0.15) is 4.31 Å². The summed E-state index contributed by atoms with van der Waals surface area (Å²) in [4.78, 5) is 22.4. The Morgan fingerprint density at radius 3 is 2.77 bits per heavy atom. The lowest BCUT2D eigenvalue weighted by atomic mass is 10.2. The molecule has 11 heteroatoms. The van der Waals surface area contributed by atoms with E-state index in [1.54, 1.807) is 0 Å². The van der Waals surface area contributed by atoms with E-state index in [0.29, 0.717) is 25.9 Å². The van der Waals surface area contributed by atoms with Gasteiger partial charge in [0.1, 0.15) is 6.04 Å². The van der Waals surface area contributed by atoms with Crippen LogP contribution in [-0.4, -0.2) is 49.2 Å². The molecule has 0 spiro atoms. The van der Waals surface area contributed by atoms with Crippen LogP contribution in [0.25, 0.3) is 0 Å². The van der Waals surface area contributed by atoms with Gasteiger partial charge in [0, 0.05) is 25.2 Å². The monoisotopic (exact) mass is 406 g/mol. The Kier molecular flexibility index (Phi) is 8.41. The lowest BCUT2D eigenvalue weighted by Gasteiger charge is -2.23. The Morgan fingerprint density at radius 2 is 2.12 bits per heavy atom. The number of nitro groups is 1. The van der Waals surface area contributed by atoms with Crippen LogP contribution >= 0.6 is 12.4 Å². The number of carbonyl (C=O) groups is 1. The summed E-state index contributed by atoms with van der Waals surface area (Å²) in [7, 11) is -3.98. The van der Waals surface area contributed by atoms with Gasteiger partial charge in [0.2, 0.25) is 15.9 Å². The number of amides is 1. The molecule has 1 aliphatic rings. The minimum absolute atomic E-state index is 0. The molecule has 1 aliphatic heterocycles. The predicted molar refractivity (Wildman–Crippen MR) is 98.6 cm³/mol. The molecule has 2 rings (SSSR count). The summed E-state index contributed by atoms with van der Waals surface area (Å²) in [5, 5.41) is 13.6. The Hall–Kier alpha value is -1.75. The summed E-state index contributed by atoms with van der Waals surface area (Å²) in [5.41, 5.74) is 5.09. The molecule has 0 bridgehead atoms. The Morgan fingerprint density at radius 1 is 1.38 bits per heavy atom. The molecule has 1 saturated heterocycles. The van der Waals surface area contributed by atoms with Gasteiger partial charge in [0.25, 0.3) is 5.69 Å². The standard InChI is InChI=1S/C15H22N4O5S.ClH/c16-8-1-2-9-17-15(20)14-7-4-10-18(14)25(23,24)13-6-3-5-12(11-13)19(21)22;/h3,5-6,11,14H,1-2,4,7-10,16H2,(H,17,20);1H. The van der Waals surface area contributed by atoms with E-state index in [1.165, 1.54) is 18.2 Å². The number of carbonyl (C=O) groups excluding carboxylic acids is 1. The summed E-state index contributed by atoms with van der Waals surface area (Å²) in [6, 6.07) is 4.08. The quantitative estimate of drug-likeness (QED) is 0.376. The molecule has 0 aliphatic carbocycles. The molecule has 1 unspecified atom stereocenters. The van der Waals surface area contributed by atoms with Crippen molar-refractivity contribution in [1.82, 2.24) is 9.62 Å². The van der Waals surface area contributed by atoms with Gasteiger partial charge in [-0.05, 0) is 38.3 Å². The second-order valence-electron chi connectivity index (χ2n) is 5.82. The molecule has 1 amide bonds. The number of unbranched alkanes of at least 4 members (excludes halogenated alkanes) is 1. The summed E-state index contributed by atoms with van der Waals surface area (Å²) in [5.74, 6) is -0.344. The van der Waals surface area contributed by atoms with Crippen molar-refractivity contribution in [3.05, 3.63) is 34.4 Å². The van der Waals surface area contributed by atoms with Gasteiger partial charge < -0.3 is 11.1 Å². The smallest absolute Gasteiger partial charge is 0.270 e. The maximum Gasteiger partial charge on any atom is 0.270 e. The highest BCUT2D eigenvalue weighted by Gasteiger charge is 2.39. The van der Waals surface area contributed by atoms with Crippen LogP contribution in [0.5, 0.6) is 0 Å². The molecular formula is C15H23ClN4O5S. The zero-order chi connectivity index (χ0) is 18.4. The maximum atomic E-state index is 12.8. The van der Waals surface area contributed by atoms with Crippen molar-refractivity contribution < 1.29 is 18.1 Å². The van der Waals surface area contributed by atoms with E-state index in [9.17, 15) is 23.3 Å². The molecule has 0 saturated carbocycles. The summed E-state index contributed by atoms with van der Waals surface area (Å²) in [6.45, 7) is 1.19. The first-order valence-electron chi connectivity index (χ1n) is 8.12. The second kappa shape index (κ2) is 9.81. The fraction of sp³-hybridized carbons (Fsp3) is 0.533. The first-order valence-corrected chi connectivity index (χ1v) is 9.56. The van der Waals surface area contributed by atoms with E-state index >= 15 is 0 Å². The summed E-state index contributed by atoms with van der Waals surface area (Å²) >= 11 is 0. The molecule has 9 nitrogen and oxygen atoms in total. The van der Waals surface area contributed by atoms with E-state index in [1.807, 2.05) is 0 Å². The van der Waals surface area contributed by atoms with Crippen molar-refractivity contribution >= 4 is 34.0 Å². The SMILES string of the molecule is Cl.NCCCCNC(=O)C1CCCN1S(=O)(=O)c1cccc([N+](=O)[O-])c1. The fourth-order valence-corrected chi connectivity index (χ4v) is 4.48. The van der Waals surface area contributed by atoms with Gasteiger partial charge in [-0.1, -0.05) is 6.07 Å². The number of nitrogens with one attached hydrogen (secondary N) is 1. The van der Waals surface area contributed by atoms with Crippen LogP contribution in [0.1, 0.15) is 25.7 Å². The van der Waals surface area contributed by atoms with Gasteiger partial charge in [-0.3, -0.25) is 14.9 Å². The van der Waals surface area contributed by atoms with Crippen LogP contribution in [0.2, 0.25) is 0 Å². The van der Waals surface area contributed by atoms with E-state index < -0.39 is 21.0 Å². The predicted octanol–water partition coefficient (Wildman–Crippen LogP) is 1.02. The van der Waals surface area contributed by atoms with Crippen LogP contribution in [0.3, 0.4) is 0 Å². The van der Waals surface area contributed by atoms with Crippen LogP contribution in [0.4, 0.5) is 5.69 Å². The van der Waals surface area contributed by atoms with Gasteiger partial charge in [0.15, 0.2) is 0 Å². The Bertz CT molecular complexity index is 743. The molecule has 3 N–H and O–H groups in total. The van der Waals surface area contributed by atoms with E-state index in [0.717, 1.165) is 23.2 Å². The zero-order valence-electron chi connectivity index (χ0n) is 14.2. The van der Waals surface area contributed by atoms with Gasteiger partial charge in [0.05, 0.1) is 9.82 Å². The molecule has 1 aromatic carbocycles. The third kappa shape index (κ3) is 5.13. The highest BCUT2D eigenvalue weighted by molar-refractivity contribution is 7.89. The average molecular weight is 407 g/mol. The number of hydrogen-bond acceptors (Lipinski definition) is 6. The minimum Gasteiger partial charge on any atom is -0.355 e. The molecule has 1 fully saturated rings. The summed E-state index contributed by atoms with van der Waals surface area (Å²) < 4.78 is 26.7. The molecule has 146 valence electrons. The van der Waals surface area contributed by atoms with Crippen LogP contribution in [0.15, 0.2) is 29.2 Å². The number of benzene rings is 1. The second-order valence-corrected chi connectivity index (χ2v) is 7.71. The molecule has 0 aromatic heterocycles. The van der Waals surface area contributed by atoms with E-state index in [-0.39, 0.29) is 35.4 Å². The maximum absolute atomic E-state index is 12.8. The van der Waals surface area contributed by atoms with Crippen LogP contribution in [-0.2, 0) is 14.8 Å². The largest absolute Gasteiger partial charge is 0.355 e. The zero-order valence-corrected chi connectivity index (χ0v) is 15.8. The first-order chi connectivity index (χ1) is 11.9. The van der Waals surface area contributed by atoms with Crippen LogP contribution in [0, 0.1) is 10.1 Å². The number of hydrogen-bond donors (Lipinski definition) is 2. The normalized spacial score (nSPS) is 17.5. The topological polar surface area (TPSA) is 136 Å². The van der Waals surface area contributed by atoms with Crippen molar-refractivity contribution in [2.75, 3.05) is 19.6 Å². The van der Waals surface area contributed by atoms with Crippen LogP contribution < -0.4 is 11.1 Å². The number of rotatable bonds is 8. The number of nitrogens with zero attached hydrogens (tertiary/aromatic N) is 2. The Labute approximate surface area is 158 Å². The highest BCUT2D eigenvalue weighted by Crippen LogP contribution is 2.28. The van der Waals surface area contributed by atoms with Crippen molar-refractivity contribution in [2.45, 2.75) is 36.6 Å². The minimum atomic E-state index is -3.98. The molecule has 1 atom stereocenters. The third-order valence-corrected chi connectivity index (χ3v) is 5.98. The van der Waals surface area contributed by atoms with Gasteiger partial charge in [-0.15, -0.1) is 12.4 Å². The van der Waals surface area contributed by atoms with Crippen molar-refractivity contribution in [3.8, 4) is 0 Å². The molecule has 1 aromatic rings. The van der Waals surface area contributed by atoms with Crippen molar-refractivity contribution in [3.63, 3.8) is 0 Å². The van der Waals surface area contributed by atoms with Gasteiger partial charge >= 0.3 is 0 Å². The average Bonchev–Trinajstić information content (AvgIpc) is 3.09. The van der Waals surface area contributed by atoms with Gasteiger partial charge in [-0.25, -0.2) is 8.42 Å². The highest BCUT2D eigenvalue weighted by atomic mass is 35.5. The third-order valence-electron chi connectivity index (χ3n) is 4.07. The molecule has 1 heterocycles. The number of non-ortho nitro benzene ring substituents is 1. The Balaban J connectivity index is 0.00000338. The lowest BCUT2D eigenvalue weighted by Crippen LogP contribution is -2.46. The van der Waals surface area contributed by atoms with Crippen molar-refractivity contribution in [2.24, 2.45) is 5.73 Å². The lowest BCUT2D eigenvalue weighted by molar-refractivity contribution is -0.385. The van der Waals surface area contributed by atoms with E-state index in [2.05, 4.69) is 5.32 Å².